The summed E-state index contributed by atoms with van der Waals surface area (Å²) >= 11 is 1.11. The van der Waals surface area contributed by atoms with Gasteiger partial charge in [-0.15, -0.1) is 27.7 Å². The van der Waals surface area contributed by atoms with Gasteiger partial charge in [-0.2, -0.15) is 0 Å². The van der Waals surface area contributed by atoms with Crippen molar-refractivity contribution in [2.24, 2.45) is 0 Å². The second-order valence-electron chi connectivity index (χ2n) is 7.11. The molecule has 0 atom stereocenters. The maximum Gasteiger partial charge on any atom is 0.125 e. The van der Waals surface area contributed by atoms with Gasteiger partial charge in [-0.25, -0.2) is 0 Å². The maximum atomic E-state index is 10.6. The second-order valence-corrected chi connectivity index (χ2v) is 8.13. The van der Waals surface area contributed by atoms with Crippen LogP contribution in [0.3, 0.4) is 0 Å². The van der Waals surface area contributed by atoms with Crippen molar-refractivity contribution in [2.75, 3.05) is 12.4 Å². The van der Waals surface area contributed by atoms with E-state index >= 15 is 0 Å². The third kappa shape index (κ3) is 2.91. The minimum absolute atomic E-state index is 0.0282. The van der Waals surface area contributed by atoms with Gasteiger partial charge in [-0.05, 0) is 28.0 Å². The summed E-state index contributed by atoms with van der Waals surface area (Å²) < 4.78 is 0.811. The van der Waals surface area contributed by atoms with Crippen molar-refractivity contribution < 1.29 is 10.2 Å². The molecule has 4 aromatic rings. The first-order valence-corrected chi connectivity index (χ1v) is 9.81. The van der Waals surface area contributed by atoms with Gasteiger partial charge in [-0.3, -0.25) is 0 Å². The van der Waals surface area contributed by atoms with Gasteiger partial charge in [0.15, 0.2) is 0 Å². The number of hydrogen-bond donors (Lipinski definition) is 3. The predicted octanol–water partition coefficient (Wildman–Crippen LogP) is -4.48. The van der Waals surface area contributed by atoms with Crippen molar-refractivity contribution in [3.63, 3.8) is 0 Å². The highest BCUT2D eigenvalue weighted by molar-refractivity contribution is 7.27. The summed E-state index contributed by atoms with van der Waals surface area (Å²) in [6, 6.07) is 1.43. The van der Waals surface area contributed by atoms with Gasteiger partial charge in [0.1, 0.15) is 74.3 Å². The van der Waals surface area contributed by atoms with Crippen LogP contribution in [0, 0.1) is 0 Å². The molecule has 12 heteroatoms. The quantitative estimate of drug-likeness (QED) is 0.298. The van der Waals surface area contributed by atoms with E-state index in [0.29, 0.717) is 37.0 Å². The van der Waals surface area contributed by atoms with E-state index in [2.05, 4.69) is 5.32 Å². The van der Waals surface area contributed by atoms with E-state index in [1.807, 2.05) is 0 Å². The number of nitrogens with one attached hydrogen (secondary N) is 1. The fourth-order valence-corrected chi connectivity index (χ4v) is 5.05. The Hall–Kier alpha value is -2.20. The zero-order chi connectivity index (χ0) is 22.9. The van der Waals surface area contributed by atoms with Gasteiger partial charge in [0, 0.05) is 22.8 Å². The molecule has 3 aromatic carbocycles. The van der Waals surface area contributed by atoms with Gasteiger partial charge < -0.3 is 15.5 Å². The first-order chi connectivity index (χ1) is 14.5. The molecule has 1 heterocycles. The highest BCUT2D eigenvalue weighted by Gasteiger charge is 2.24. The summed E-state index contributed by atoms with van der Waals surface area (Å²) in [6.07, 6.45) is 0. The number of aromatic hydroxyl groups is 2. The zero-order valence-electron chi connectivity index (χ0n) is 16.5. The lowest BCUT2D eigenvalue weighted by Crippen LogP contribution is -2.49. The molecule has 4 rings (SSSR count). The van der Waals surface area contributed by atoms with Crippen LogP contribution in [0.2, 0.25) is 0 Å². The topological polar surface area (TPSA) is 52.5 Å². The van der Waals surface area contributed by atoms with Gasteiger partial charge in [0.25, 0.3) is 0 Å². The number of thiophene rings is 1. The average Bonchev–Trinajstić information content (AvgIpc) is 3.15. The summed E-state index contributed by atoms with van der Waals surface area (Å²) in [5, 5.41) is 25.1. The van der Waals surface area contributed by atoms with Crippen LogP contribution in [-0.4, -0.2) is 80.0 Å². The Morgan fingerprint density at radius 3 is 1.87 bits per heavy atom. The fraction of sp³-hybridized carbons (Fsp3) is 0.0526. The van der Waals surface area contributed by atoms with Crippen LogP contribution < -0.4 is 49.0 Å². The molecular weight excluding hydrogens is 393 g/mol. The molecule has 0 fully saturated rings. The van der Waals surface area contributed by atoms with Crippen LogP contribution in [-0.2, 0) is 0 Å². The maximum absolute atomic E-state index is 10.6. The molecule has 0 spiro atoms. The fourth-order valence-electron chi connectivity index (χ4n) is 3.80. The molecule has 3 nitrogen and oxygen atoms in total. The third-order valence-corrected chi connectivity index (χ3v) is 6.71. The third-order valence-electron chi connectivity index (χ3n) is 5.48. The normalized spacial score (nSPS) is 11.4. The number of anilines is 1. The van der Waals surface area contributed by atoms with E-state index in [9.17, 15) is 10.2 Å². The van der Waals surface area contributed by atoms with Crippen molar-refractivity contribution in [1.82, 2.24) is 0 Å². The van der Waals surface area contributed by atoms with Crippen molar-refractivity contribution in [3.05, 3.63) is 6.07 Å². The second kappa shape index (κ2) is 7.44. The first-order valence-electron chi connectivity index (χ1n) is 8.99. The highest BCUT2D eigenvalue weighted by Crippen LogP contribution is 2.43. The van der Waals surface area contributed by atoms with E-state index < -0.39 is 0 Å². The molecular formula is C19H7B8NO2S. The van der Waals surface area contributed by atoms with Gasteiger partial charge in [0.05, 0.1) is 4.70 Å². The monoisotopic (exact) mass is 401 g/mol. The predicted molar refractivity (Wildman–Crippen MR) is 141 cm³/mol. The summed E-state index contributed by atoms with van der Waals surface area (Å²) in [7, 11) is 50.7. The Morgan fingerprint density at radius 1 is 0.677 bits per heavy atom. The Balaban J connectivity index is 2.35. The lowest BCUT2D eigenvalue weighted by Gasteiger charge is -2.24. The molecule has 3 N–H and O–H groups in total. The lowest BCUT2D eigenvalue weighted by molar-refractivity contribution is 0.480. The van der Waals surface area contributed by atoms with E-state index in [-0.39, 0.29) is 55.2 Å². The van der Waals surface area contributed by atoms with Crippen molar-refractivity contribution in [1.29, 1.82) is 0 Å². The smallest absolute Gasteiger partial charge is 0.125 e. The number of hydrogen-bond acceptors (Lipinski definition) is 4. The Morgan fingerprint density at radius 2 is 1.26 bits per heavy atom. The average molecular weight is 400 g/mol. The minimum Gasteiger partial charge on any atom is -0.509 e. The molecule has 1 aromatic heterocycles. The van der Waals surface area contributed by atoms with Crippen LogP contribution in [0.1, 0.15) is 0 Å². The lowest BCUT2D eigenvalue weighted by atomic mass is 9.63. The van der Waals surface area contributed by atoms with Crippen molar-refractivity contribution in [2.45, 2.75) is 0 Å². The highest BCUT2D eigenvalue weighted by atomic mass is 32.1. The summed E-state index contributed by atoms with van der Waals surface area (Å²) in [4.78, 5) is 0. The number of fused-ring (bicyclic) bond motifs is 3. The molecule has 0 aliphatic carbocycles. The van der Waals surface area contributed by atoms with Crippen LogP contribution >= 0.6 is 11.3 Å². The van der Waals surface area contributed by atoms with Crippen LogP contribution in [0.4, 0.5) is 5.69 Å². The molecule has 0 aliphatic heterocycles. The van der Waals surface area contributed by atoms with Crippen LogP contribution in [0.25, 0.3) is 31.3 Å². The number of rotatable bonds is 2. The molecule has 0 unspecified atom stereocenters. The summed E-state index contributed by atoms with van der Waals surface area (Å²) in [5.74, 6) is -0.436. The van der Waals surface area contributed by atoms with Crippen LogP contribution in [0.15, 0.2) is 6.07 Å². The molecule has 0 saturated carbocycles. The van der Waals surface area contributed by atoms with Gasteiger partial charge in [0.2, 0.25) is 0 Å². The minimum atomic E-state index is -0.231. The molecule has 0 amide bonds. The van der Waals surface area contributed by atoms with Crippen molar-refractivity contribution >= 4 is 144 Å². The van der Waals surface area contributed by atoms with E-state index in [4.69, 9.17) is 62.8 Å². The Kier molecular flexibility index (Phi) is 5.28. The van der Waals surface area contributed by atoms with E-state index in [1.54, 1.807) is 7.05 Å². The SMILES string of the molecule is [B]c1c([B])c([B])c(-c2cc(O)c([B])c3sc4c(O)c([B])c([B])c([B])c4c23)c(NC)c1[B]. The van der Waals surface area contributed by atoms with Gasteiger partial charge in [-0.1, -0.05) is 21.9 Å². The molecule has 0 bridgehead atoms. The Bertz CT molecular complexity index is 1430. The van der Waals surface area contributed by atoms with Crippen LogP contribution in [0.5, 0.6) is 11.5 Å². The summed E-state index contributed by atoms with van der Waals surface area (Å²) in [5.41, 5.74) is 2.00. The molecule has 31 heavy (non-hydrogen) atoms. The number of phenolic OH excluding ortho intramolecular Hbond substituents is 2. The first kappa shape index (κ1) is 22.0. The summed E-state index contributed by atoms with van der Waals surface area (Å²) in [6.45, 7) is 0. The largest absolute Gasteiger partial charge is 0.509 e. The number of benzene rings is 3. The van der Waals surface area contributed by atoms with Crippen molar-refractivity contribution in [3.8, 4) is 22.6 Å². The zero-order valence-corrected chi connectivity index (χ0v) is 17.3. The molecule has 130 valence electrons. The molecule has 0 saturated heterocycles. The van der Waals surface area contributed by atoms with E-state index in [0.717, 1.165) is 11.3 Å². The molecule has 16 radical (unpaired) electrons. The Labute approximate surface area is 194 Å². The van der Waals surface area contributed by atoms with E-state index in [1.165, 1.54) is 6.07 Å². The number of phenols is 2. The standard InChI is InChI=1S/C19H7B8NO2S/c1-28-16-6(9(21)11(23)13(25)14(16)26)3-2-4(29)8(20)18-5(3)7-10(22)12(24)15(27)17(30)19(7)31-18/h2,28-30H,1H3. The van der Waals surface area contributed by atoms with Gasteiger partial charge >= 0.3 is 0 Å². The molecule has 0 aliphatic rings.